The zero-order valence-corrected chi connectivity index (χ0v) is 22.7. The van der Waals surface area contributed by atoms with Gasteiger partial charge in [0.05, 0.1) is 25.3 Å². The van der Waals surface area contributed by atoms with E-state index in [9.17, 15) is 14.4 Å². The predicted molar refractivity (Wildman–Crippen MR) is 142 cm³/mol. The minimum absolute atomic E-state index is 0.0177. The molecule has 3 aliphatic rings. The van der Waals surface area contributed by atoms with Gasteiger partial charge in [0.1, 0.15) is 23.4 Å². The van der Waals surface area contributed by atoms with E-state index in [4.69, 9.17) is 15.2 Å². The molecule has 15 heteroatoms. The maximum Gasteiger partial charge on any atom is 0.414 e. The maximum absolute atomic E-state index is 15.3. The van der Waals surface area contributed by atoms with Crippen LogP contribution in [0, 0.1) is 11.6 Å². The van der Waals surface area contributed by atoms with Gasteiger partial charge in [-0.25, -0.2) is 23.4 Å². The number of halogens is 2. The lowest BCUT2D eigenvalue weighted by atomic mass is 10.2. The number of hydrazone groups is 1. The number of rotatable bonds is 7. The highest BCUT2D eigenvalue weighted by Crippen LogP contribution is 2.32. The van der Waals surface area contributed by atoms with Crippen LogP contribution in [0.25, 0.3) is 0 Å². The van der Waals surface area contributed by atoms with Crippen LogP contribution in [0.3, 0.4) is 0 Å². The molecular formula is C25H34F2N8O5. The lowest BCUT2D eigenvalue weighted by Crippen LogP contribution is -2.45. The Bertz CT molecular complexity index is 1170. The molecule has 3 heterocycles. The van der Waals surface area contributed by atoms with Crippen LogP contribution in [0.5, 0.6) is 0 Å². The van der Waals surface area contributed by atoms with E-state index in [1.165, 1.54) is 27.3 Å². The quantitative estimate of drug-likeness (QED) is 0.372. The average molecular weight is 565 g/mol. The van der Waals surface area contributed by atoms with Gasteiger partial charge in [0.15, 0.2) is 11.6 Å². The van der Waals surface area contributed by atoms with Crippen LogP contribution in [0.1, 0.15) is 20.8 Å². The van der Waals surface area contributed by atoms with Gasteiger partial charge in [-0.1, -0.05) is 0 Å². The van der Waals surface area contributed by atoms with Crippen molar-refractivity contribution in [3.63, 3.8) is 0 Å². The Labute approximate surface area is 230 Å². The number of benzene rings is 1. The lowest BCUT2D eigenvalue weighted by Gasteiger charge is -2.25. The second kappa shape index (κ2) is 11.5. The SMILES string of the molecule is C=NN(/C=C\N)C[C@H]1CN(c2cc(F)c(N3CCN4C[C@H](NC(=O)OC(C)(C)C)C(=O)N4CC3)c(F)c2)C(=O)O1. The second-order valence-corrected chi connectivity index (χ2v) is 10.5. The Kier molecular flexibility index (Phi) is 8.32. The van der Waals surface area contributed by atoms with Crippen LogP contribution in [-0.2, 0) is 14.3 Å². The van der Waals surface area contributed by atoms with E-state index in [0.717, 1.165) is 17.0 Å². The summed E-state index contributed by atoms with van der Waals surface area (Å²) in [4.78, 5) is 40.2. The minimum Gasteiger partial charge on any atom is -0.444 e. The van der Waals surface area contributed by atoms with Gasteiger partial charge >= 0.3 is 12.2 Å². The molecule has 1 aromatic carbocycles. The highest BCUT2D eigenvalue weighted by atomic mass is 19.1. The van der Waals surface area contributed by atoms with E-state index in [2.05, 4.69) is 17.1 Å². The first-order chi connectivity index (χ1) is 18.9. The van der Waals surface area contributed by atoms with Crippen LogP contribution in [0.4, 0.5) is 29.7 Å². The average Bonchev–Trinajstić information content (AvgIpc) is 3.28. The summed E-state index contributed by atoms with van der Waals surface area (Å²) in [6, 6.07) is 1.39. The summed E-state index contributed by atoms with van der Waals surface area (Å²) in [5, 5.41) is 10.9. The molecule has 1 aromatic rings. The zero-order chi connectivity index (χ0) is 29.2. The molecule has 3 saturated heterocycles. The number of nitrogens with two attached hydrogens (primary N) is 1. The molecule has 0 saturated carbocycles. The smallest absolute Gasteiger partial charge is 0.414 e. The Hall–Kier alpha value is -4.14. The molecule has 0 unspecified atom stereocenters. The summed E-state index contributed by atoms with van der Waals surface area (Å²) in [5.41, 5.74) is 4.43. The lowest BCUT2D eigenvalue weighted by molar-refractivity contribution is -0.138. The number of alkyl carbamates (subject to hydrolysis) is 1. The Morgan fingerprint density at radius 2 is 1.90 bits per heavy atom. The Morgan fingerprint density at radius 1 is 1.23 bits per heavy atom. The van der Waals surface area contributed by atoms with Gasteiger partial charge in [-0.15, -0.1) is 0 Å². The van der Waals surface area contributed by atoms with E-state index < -0.39 is 41.6 Å². The van der Waals surface area contributed by atoms with Crippen LogP contribution in [-0.4, -0.2) is 103 Å². The van der Waals surface area contributed by atoms with Crippen molar-refractivity contribution in [3.05, 3.63) is 36.2 Å². The van der Waals surface area contributed by atoms with Crippen LogP contribution >= 0.6 is 0 Å². The van der Waals surface area contributed by atoms with Crippen molar-refractivity contribution in [2.45, 2.75) is 38.5 Å². The van der Waals surface area contributed by atoms with Crippen molar-refractivity contribution in [1.29, 1.82) is 0 Å². The number of amides is 3. The number of fused-ring (bicyclic) bond motifs is 1. The van der Waals surface area contributed by atoms with E-state index in [0.29, 0.717) is 6.54 Å². The number of hydrogen-bond acceptors (Lipinski definition) is 10. The fourth-order valence-electron chi connectivity index (χ4n) is 4.83. The molecule has 4 rings (SSSR count). The summed E-state index contributed by atoms with van der Waals surface area (Å²) in [6.45, 7) is 9.86. The zero-order valence-electron chi connectivity index (χ0n) is 22.7. The van der Waals surface area contributed by atoms with Crippen molar-refractivity contribution in [2.24, 2.45) is 10.8 Å². The fraction of sp³-hybridized carbons (Fsp3) is 0.520. The van der Waals surface area contributed by atoms with Gasteiger partial charge in [0.2, 0.25) is 0 Å². The van der Waals surface area contributed by atoms with Crippen molar-refractivity contribution in [1.82, 2.24) is 20.3 Å². The molecule has 218 valence electrons. The van der Waals surface area contributed by atoms with Crippen molar-refractivity contribution >= 4 is 36.2 Å². The summed E-state index contributed by atoms with van der Waals surface area (Å²) in [6.07, 6.45) is 0.649. The van der Waals surface area contributed by atoms with Gasteiger partial charge in [-0.05, 0) is 20.8 Å². The maximum atomic E-state index is 15.3. The number of anilines is 2. The van der Waals surface area contributed by atoms with Gasteiger partial charge in [0.25, 0.3) is 5.91 Å². The van der Waals surface area contributed by atoms with Gasteiger partial charge in [-0.3, -0.25) is 19.7 Å². The molecule has 3 aliphatic heterocycles. The molecule has 2 atom stereocenters. The molecule has 3 amide bonds. The van der Waals surface area contributed by atoms with Crippen LogP contribution in [0.2, 0.25) is 0 Å². The first-order valence-electron chi connectivity index (χ1n) is 12.8. The van der Waals surface area contributed by atoms with Crippen LogP contribution in [0.15, 0.2) is 29.6 Å². The van der Waals surface area contributed by atoms with E-state index in [1.807, 2.05) is 0 Å². The Balaban J connectivity index is 1.40. The number of hydrogen-bond donors (Lipinski definition) is 2. The summed E-state index contributed by atoms with van der Waals surface area (Å²) >= 11 is 0. The Morgan fingerprint density at radius 3 is 2.52 bits per heavy atom. The number of carbonyl (C=O) groups is 3. The third-order valence-corrected chi connectivity index (χ3v) is 6.52. The van der Waals surface area contributed by atoms with Crippen molar-refractivity contribution < 1.29 is 32.6 Å². The number of nitrogens with one attached hydrogen (secondary N) is 1. The molecule has 0 radical (unpaired) electrons. The summed E-state index contributed by atoms with van der Waals surface area (Å²) < 4.78 is 41.2. The van der Waals surface area contributed by atoms with Gasteiger partial charge < -0.3 is 25.4 Å². The number of hydrazine groups is 1. The van der Waals surface area contributed by atoms with E-state index in [-0.39, 0.29) is 56.6 Å². The summed E-state index contributed by atoms with van der Waals surface area (Å²) in [7, 11) is 0. The molecule has 3 fully saturated rings. The van der Waals surface area contributed by atoms with Crippen molar-refractivity contribution in [3.8, 4) is 0 Å². The molecule has 0 aromatic heterocycles. The standard InChI is InChI=1S/C25H34F2N8O5/c1-25(2,3)40-23(37)30-20-15-33-9-7-31(8-10-35(33)22(20)36)21-18(26)11-16(12-19(21)27)34-14-17(39-24(34)38)13-32(29-4)6-5-28/h5-6,11-12,17,20H,4,7-10,13-15,28H2,1-3H3,(H,30,37)/b6-5-/t17-,20-/m0/s1. The van der Waals surface area contributed by atoms with Gasteiger partial charge in [0, 0.05) is 57.4 Å². The van der Waals surface area contributed by atoms with Gasteiger partial charge in [-0.2, -0.15) is 5.10 Å². The minimum atomic E-state index is -0.848. The first-order valence-corrected chi connectivity index (χ1v) is 12.8. The van der Waals surface area contributed by atoms with E-state index >= 15 is 8.78 Å². The molecule has 0 aliphatic carbocycles. The van der Waals surface area contributed by atoms with Crippen molar-refractivity contribution in [2.75, 3.05) is 55.6 Å². The monoisotopic (exact) mass is 564 g/mol. The molecular weight excluding hydrogens is 530 g/mol. The number of nitrogens with zero attached hydrogens (tertiary/aromatic N) is 6. The normalized spacial score (nSPS) is 21.9. The summed E-state index contributed by atoms with van der Waals surface area (Å²) in [5.74, 6) is -2.02. The highest BCUT2D eigenvalue weighted by Gasteiger charge is 2.41. The third kappa shape index (κ3) is 6.35. The highest BCUT2D eigenvalue weighted by molar-refractivity contribution is 5.90. The molecule has 40 heavy (non-hydrogen) atoms. The molecule has 13 nitrogen and oxygen atoms in total. The molecule has 0 spiro atoms. The molecule has 0 bridgehead atoms. The second-order valence-electron chi connectivity index (χ2n) is 10.5. The number of cyclic esters (lactones) is 1. The third-order valence-electron chi connectivity index (χ3n) is 6.52. The molecule has 3 N–H and O–H groups in total. The van der Waals surface area contributed by atoms with Crippen LogP contribution < -0.4 is 20.9 Å². The largest absolute Gasteiger partial charge is 0.444 e. The number of ether oxygens (including phenoxy) is 2. The fourth-order valence-corrected chi connectivity index (χ4v) is 4.83. The topological polar surface area (TPSA) is 136 Å². The number of carbonyl (C=O) groups excluding carboxylic acids is 3. The predicted octanol–water partition coefficient (Wildman–Crippen LogP) is 1.41. The van der Waals surface area contributed by atoms with E-state index in [1.54, 1.807) is 25.8 Å². The first kappa shape index (κ1) is 28.9.